The van der Waals surface area contributed by atoms with Crippen LogP contribution >= 0.6 is 46.4 Å². The average molecular weight is 850 g/mol. The van der Waals surface area contributed by atoms with Gasteiger partial charge in [0.2, 0.25) is 33.4 Å². The Morgan fingerprint density at radius 2 is 0.948 bits per heavy atom. The van der Waals surface area contributed by atoms with Gasteiger partial charge >= 0.3 is 0 Å². The standard InChI is InChI=1S/C47H43Cl4N7/c1-26-16-38-44(57(42-13-11-31(48)21-33(42)50)45-23-35(52)27(2)17-39(45)55-38)20-30(26)10-8-6-5-7-9-15-54-37-25-47-41(19-29(37)4)56-40-18-28(3)36(53)24-46(40)58(47)43-14-12-32(49)22-34(43)51/h11-14,16-25,52H,5-10,15H2,1-4H3,(H2,53,54)/p+2. The summed E-state index contributed by atoms with van der Waals surface area (Å²) in [6.07, 6.45) is 6.56. The van der Waals surface area contributed by atoms with E-state index in [2.05, 4.69) is 52.6 Å². The summed E-state index contributed by atoms with van der Waals surface area (Å²) in [5.74, 6) is 0. The zero-order valence-electron chi connectivity index (χ0n) is 33.0. The molecule has 0 spiro atoms. The van der Waals surface area contributed by atoms with Gasteiger partial charge < -0.3 is 16.8 Å². The molecule has 0 atom stereocenters. The van der Waals surface area contributed by atoms with Crippen LogP contribution in [0.5, 0.6) is 0 Å². The van der Waals surface area contributed by atoms with Gasteiger partial charge in [0.1, 0.15) is 32.1 Å². The highest BCUT2D eigenvalue weighted by molar-refractivity contribution is 6.36. The molecule has 58 heavy (non-hydrogen) atoms. The van der Waals surface area contributed by atoms with Gasteiger partial charge in [0.05, 0.1) is 0 Å². The van der Waals surface area contributed by atoms with Crippen molar-refractivity contribution in [1.82, 2.24) is 9.97 Å². The van der Waals surface area contributed by atoms with E-state index in [0.29, 0.717) is 31.5 Å². The number of benzene rings is 6. The van der Waals surface area contributed by atoms with Gasteiger partial charge in [-0.1, -0.05) is 65.7 Å². The molecule has 0 aliphatic heterocycles. The maximum absolute atomic E-state index is 6.82. The molecule has 0 aliphatic rings. The van der Waals surface area contributed by atoms with Crippen LogP contribution in [0.1, 0.15) is 59.9 Å². The number of hydrogen-bond acceptors (Lipinski definition) is 5. The Labute approximate surface area is 358 Å². The van der Waals surface area contributed by atoms with Crippen molar-refractivity contribution in [2.24, 2.45) is 0 Å². The second kappa shape index (κ2) is 16.4. The average Bonchev–Trinajstić information content (AvgIpc) is 3.17. The lowest BCUT2D eigenvalue weighted by atomic mass is 10.00. The molecule has 0 unspecified atom stereocenters. The number of nitrogens with zero attached hydrogens (tertiary/aromatic N) is 4. The highest BCUT2D eigenvalue weighted by Gasteiger charge is 2.26. The molecular weight excluding hydrogens is 804 g/mol. The van der Waals surface area contributed by atoms with Gasteiger partial charge in [-0.15, -0.1) is 9.13 Å². The number of hydrogen-bond donors (Lipinski definition) is 3. The van der Waals surface area contributed by atoms with Crippen LogP contribution in [0.25, 0.3) is 55.5 Å². The van der Waals surface area contributed by atoms with E-state index in [4.69, 9.17) is 67.8 Å². The van der Waals surface area contributed by atoms with Crippen LogP contribution in [0.4, 0.5) is 17.1 Å². The third kappa shape index (κ3) is 7.81. The summed E-state index contributed by atoms with van der Waals surface area (Å²) in [6.45, 7) is 9.16. The first-order chi connectivity index (χ1) is 27.9. The smallest absolute Gasteiger partial charge is 0.239 e. The maximum Gasteiger partial charge on any atom is 0.239 e. The number of nitrogens with one attached hydrogen (secondary N) is 1. The second-order valence-electron chi connectivity index (χ2n) is 15.3. The van der Waals surface area contributed by atoms with Crippen molar-refractivity contribution in [2.75, 3.05) is 23.3 Å². The molecule has 6 aromatic carbocycles. The Morgan fingerprint density at radius 3 is 1.48 bits per heavy atom. The van der Waals surface area contributed by atoms with Crippen LogP contribution in [-0.4, -0.2) is 16.5 Å². The third-order valence-electron chi connectivity index (χ3n) is 11.2. The Kier molecular flexibility index (Phi) is 11.3. The van der Waals surface area contributed by atoms with E-state index in [1.165, 1.54) is 11.1 Å². The molecule has 0 radical (unpaired) electrons. The lowest BCUT2D eigenvalue weighted by Gasteiger charge is -2.13. The molecule has 0 aliphatic carbocycles. The van der Waals surface area contributed by atoms with Crippen molar-refractivity contribution in [3.05, 3.63) is 133 Å². The first-order valence-corrected chi connectivity index (χ1v) is 21.1. The summed E-state index contributed by atoms with van der Waals surface area (Å²) < 4.78 is 4.30. The van der Waals surface area contributed by atoms with Crippen molar-refractivity contribution in [3.63, 3.8) is 0 Å². The summed E-state index contributed by atoms with van der Waals surface area (Å²) >= 11 is 26.2. The van der Waals surface area contributed by atoms with Crippen LogP contribution in [-0.2, 0) is 6.42 Å². The number of nitrogens with two attached hydrogens (primary N) is 2. The van der Waals surface area contributed by atoms with E-state index in [1.54, 1.807) is 12.1 Å². The second-order valence-corrected chi connectivity index (χ2v) is 17.0. The number of fused-ring (bicyclic) bond motifs is 4. The predicted octanol–water partition coefficient (Wildman–Crippen LogP) is 12.3. The van der Waals surface area contributed by atoms with Gasteiger partial charge in [0.25, 0.3) is 0 Å². The number of rotatable bonds is 11. The SMILES string of the molecule is Cc1cc2nc3cc(C)c(CCCCCCCNc4cc5c(cc4C)nc4cc(C)c(N)cc4[n+]5-c4ccc(Cl)cc4Cl)cc3[n+](-c3ccc(Cl)cc3Cl)c2cc1N. The van der Waals surface area contributed by atoms with Gasteiger partial charge in [-0.2, -0.15) is 0 Å². The number of halogens is 4. The molecule has 0 saturated carbocycles. The lowest BCUT2D eigenvalue weighted by Crippen LogP contribution is -2.34. The number of unbranched alkanes of at least 4 members (excludes halogenated alkanes) is 4. The van der Waals surface area contributed by atoms with E-state index >= 15 is 0 Å². The van der Waals surface area contributed by atoms with Crippen LogP contribution in [0.3, 0.4) is 0 Å². The summed E-state index contributed by atoms with van der Waals surface area (Å²) in [5.41, 5.74) is 29.8. The molecule has 5 N–H and O–H groups in total. The van der Waals surface area contributed by atoms with E-state index < -0.39 is 0 Å². The van der Waals surface area contributed by atoms with Gasteiger partial charge in [-0.05, 0) is 123 Å². The highest BCUT2D eigenvalue weighted by Crippen LogP contribution is 2.31. The van der Waals surface area contributed by atoms with Crippen molar-refractivity contribution in [3.8, 4) is 11.4 Å². The first kappa shape index (κ1) is 39.9. The van der Waals surface area contributed by atoms with E-state index in [-0.39, 0.29) is 0 Å². The normalized spacial score (nSPS) is 11.7. The predicted molar refractivity (Wildman–Crippen MR) is 245 cm³/mol. The molecule has 294 valence electrons. The lowest BCUT2D eigenvalue weighted by molar-refractivity contribution is -0.538. The number of aryl methyl sites for hydroxylation is 5. The van der Waals surface area contributed by atoms with Crippen LogP contribution in [0.2, 0.25) is 20.1 Å². The van der Waals surface area contributed by atoms with E-state index in [1.807, 2.05) is 62.4 Å². The quantitative estimate of drug-likeness (QED) is 0.0521. The largest absolute Gasteiger partial charge is 0.398 e. The molecule has 8 rings (SSSR count). The molecular formula is C47H45Cl4N7+2. The zero-order valence-corrected chi connectivity index (χ0v) is 36.0. The van der Waals surface area contributed by atoms with Crippen molar-refractivity contribution < 1.29 is 9.13 Å². The minimum Gasteiger partial charge on any atom is -0.398 e. The summed E-state index contributed by atoms with van der Waals surface area (Å²) in [4.78, 5) is 10.1. The van der Waals surface area contributed by atoms with E-state index in [9.17, 15) is 0 Å². The molecule has 0 saturated heterocycles. The van der Waals surface area contributed by atoms with Crippen molar-refractivity contribution in [2.45, 2.75) is 66.2 Å². The van der Waals surface area contributed by atoms with Gasteiger partial charge in [-0.3, -0.25) is 0 Å². The van der Waals surface area contributed by atoms with Crippen molar-refractivity contribution in [1.29, 1.82) is 0 Å². The molecule has 2 heterocycles. The minimum atomic E-state index is 0.550. The third-order valence-corrected chi connectivity index (χ3v) is 12.2. The fourth-order valence-corrected chi connectivity index (χ4v) is 8.88. The maximum atomic E-state index is 6.82. The van der Waals surface area contributed by atoms with Gasteiger partial charge in [0, 0.05) is 70.1 Å². The Balaban J connectivity index is 0.958. The molecule has 11 heteroatoms. The minimum absolute atomic E-state index is 0.550. The fraction of sp³-hybridized carbons (Fsp3) is 0.234. The Hall–Kier alpha value is -4.92. The highest BCUT2D eigenvalue weighted by atomic mass is 35.5. The van der Waals surface area contributed by atoms with Gasteiger partial charge in [-0.25, -0.2) is 9.97 Å². The number of aromatic nitrogens is 4. The molecule has 0 fully saturated rings. The zero-order chi connectivity index (χ0) is 40.8. The Morgan fingerprint density at radius 1 is 0.500 bits per heavy atom. The molecule has 0 amide bonds. The fourth-order valence-electron chi connectivity index (χ4n) is 7.89. The summed E-state index contributed by atoms with van der Waals surface area (Å²) in [5, 5.41) is 5.99. The summed E-state index contributed by atoms with van der Waals surface area (Å²) in [7, 11) is 0. The van der Waals surface area contributed by atoms with Gasteiger partial charge in [0.15, 0.2) is 0 Å². The van der Waals surface area contributed by atoms with Crippen LogP contribution in [0.15, 0.2) is 84.9 Å². The summed E-state index contributed by atoms with van der Waals surface area (Å²) in [6, 6.07) is 28.0. The molecule has 2 aromatic heterocycles. The van der Waals surface area contributed by atoms with Crippen LogP contribution < -0.4 is 25.9 Å². The molecule has 0 bridgehead atoms. The Bertz CT molecular complexity index is 2730. The molecule has 7 nitrogen and oxygen atoms in total. The number of nitrogen functional groups attached to an aromatic ring is 2. The van der Waals surface area contributed by atoms with Crippen LogP contribution in [0, 0.1) is 27.7 Å². The topological polar surface area (TPSA) is 97.6 Å². The number of anilines is 3. The molecule has 8 aromatic rings. The van der Waals surface area contributed by atoms with Crippen molar-refractivity contribution >= 4 is 108 Å². The first-order valence-electron chi connectivity index (χ1n) is 19.6. The monoisotopic (exact) mass is 847 g/mol. The van der Waals surface area contributed by atoms with E-state index in [0.717, 1.165) is 123 Å².